The zero-order valence-corrected chi connectivity index (χ0v) is 9.62. The number of benzene rings is 1. The number of nitrogens with zero attached hydrogens (tertiary/aromatic N) is 1. The molecule has 0 aliphatic rings. The summed E-state index contributed by atoms with van der Waals surface area (Å²) in [7, 11) is -0.925. The first-order valence-corrected chi connectivity index (χ1v) is 6.32. The van der Waals surface area contributed by atoms with E-state index in [0.29, 0.717) is 18.0 Å². The minimum Gasteiger partial charge on any atom is -0.393 e. The molecule has 0 spiro atoms. The summed E-state index contributed by atoms with van der Waals surface area (Å²) in [6, 6.07) is 4.68. The Labute approximate surface area is 95.4 Å². The maximum absolute atomic E-state index is 10.8. The molecule has 1 atom stereocenters. The molecule has 0 heterocycles. The van der Waals surface area contributed by atoms with E-state index in [0.717, 1.165) is 0 Å². The van der Waals surface area contributed by atoms with Crippen molar-refractivity contribution in [2.24, 2.45) is 0 Å². The van der Waals surface area contributed by atoms with Gasteiger partial charge in [-0.2, -0.15) is 0 Å². The lowest BCUT2D eigenvalue weighted by molar-refractivity contribution is -0.383. The van der Waals surface area contributed by atoms with Gasteiger partial charge in [-0.25, -0.2) is 0 Å². The van der Waals surface area contributed by atoms with Gasteiger partial charge in [-0.1, -0.05) is 6.07 Å². The Bertz CT molecular complexity index is 422. The topological polar surface area (TPSA) is 98.3 Å². The van der Waals surface area contributed by atoms with Gasteiger partial charge in [-0.15, -0.1) is 0 Å². The summed E-state index contributed by atoms with van der Waals surface area (Å²) in [5.74, 6) is 0.436. The molecule has 1 aromatic rings. The Hall–Kier alpha value is -1.63. The number of nitrogens with two attached hydrogens (primary N) is 1. The largest absolute Gasteiger partial charge is 0.393 e. The van der Waals surface area contributed by atoms with E-state index in [9.17, 15) is 14.3 Å². The predicted molar refractivity (Wildman–Crippen MR) is 64.9 cm³/mol. The molecule has 1 unspecified atom stereocenters. The summed E-state index contributed by atoms with van der Waals surface area (Å²) >= 11 is 0. The molecule has 16 heavy (non-hydrogen) atoms. The first-order valence-electron chi connectivity index (χ1n) is 4.59. The molecule has 0 saturated heterocycles. The van der Waals surface area contributed by atoms with Gasteiger partial charge >= 0.3 is 5.69 Å². The van der Waals surface area contributed by atoms with Crippen molar-refractivity contribution in [2.75, 3.05) is 29.6 Å². The van der Waals surface area contributed by atoms with Gasteiger partial charge in [0.15, 0.2) is 0 Å². The minimum atomic E-state index is -0.925. The van der Waals surface area contributed by atoms with Gasteiger partial charge in [-0.05, 0) is 12.1 Å². The molecule has 6 nitrogen and oxygen atoms in total. The third-order valence-corrected chi connectivity index (χ3v) is 2.73. The highest BCUT2D eigenvalue weighted by atomic mass is 32.2. The van der Waals surface area contributed by atoms with Crippen molar-refractivity contribution in [3.8, 4) is 0 Å². The molecule has 1 rings (SSSR count). The lowest BCUT2D eigenvalue weighted by Gasteiger charge is -2.07. The number of nitrogen functional groups attached to an aromatic ring is 1. The molecule has 3 N–H and O–H groups in total. The number of hydrogen-bond donors (Lipinski definition) is 2. The predicted octanol–water partition coefficient (Wildman–Crippen LogP) is 0.967. The summed E-state index contributed by atoms with van der Waals surface area (Å²) in [5.41, 5.74) is 5.85. The maximum atomic E-state index is 10.8. The molecule has 0 amide bonds. The van der Waals surface area contributed by atoms with Gasteiger partial charge in [0, 0.05) is 29.4 Å². The normalized spacial score (nSPS) is 12.1. The van der Waals surface area contributed by atoms with Crippen LogP contribution in [0.2, 0.25) is 0 Å². The molecule has 0 radical (unpaired) electrons. The second-order valence-corrected chi connectivity index (χ2v) is 4.76. The number of nitrogens with one attached hydrogen (secondary N) is 1. The van der Waals surface area contributed by atoms with E-state index in [4.69, 9.17) is 5.73 Å². The summed E-state index contributed by atoms with van der Waals surface area (Å²) < 4.78 is 10.8. The van der Waals surface area contributed by atoms with Crippen LogP contribution >= 0.6 is 0 Å². The number of hydrogen-bond acceptors (Lipinski definition) is 5. The molecule has 0 saturated carbocycles. The standard InChI is InChI=1S/C9H13N3O3S/c1-16(15)6-5-11-8-4-2-3-7(10)9(8)12(13)14/h2-4,11H,5-6,10H2,1H3. The highest BCUT2D eigenvalue weighted by molar-refractivity contribution is 7.84. The second kappa shape index (κ2) is 5.45. The lowest BCUT2D eigenvalue weighted by atomic mass is 10.2. The van der Waals surface area contributed by atoms with Crippen LogP contribution in [0.4, 0.5) is 17.1 Å². The molecule has 0 aromatic heterocycles. The Kier molecular flexibility index (Phi) is 4.24. The van der Waals surface area contributed by atoms with Crippen LogP contribution in [0.25, 0.3) is 0 Å². The Balaban J connectivity index is 2.83. The third kappa shape index (κ3) is 3.20. The van der Waals surface area contributed by atoms with Crippen molar-refractivity contribution in [2.45, 2.75) is 0 Å². The van der Waals surface area contributed by atoms with Crippen molar-refractivity contribution in [1.29, 1.82) is 0 Å². The highest BCUT2D eigenvalue weighted by Gasteiger charge is 2.16. The van der Waals surface area contributed by atoms with Crippen LogP contribution < -0.4 is 11.1 Å². The number of nitro groups is 1. The van der Waals surface area contributed by atoms with E-state index in [1.807, 2.05) is 0 Å². The SMILES string of the molecule is CS(=O)CCNc1cccc(N)c1[N+](=O)[O-]. The molecule has 0 aliphatic carbocycles. The number of rotatable bonds is 5. The van der Waals surface area contributed by atoms with Crippen molar-refractivity contribution >= 4 is 27.9 Å². The van der Waals surface area contributed by atoms with E-state index in [2.05, 4.69) is 5.32 Å². The van der Waals surface area contributed by atoms with Crippen LogP contribution in [-0.4, -0.2) is 27.7 Å². The van der Waals surface area contributed by atoms with E-state index in [-0.39, 0.29) is 11.4 Å². The van der Waals surface area contributed by atoms with Crippen LogP contribution in [0.15, 0.2) is 18.2 Å². The minimum absolute atomic E-state index is 0.118. The molecular weight excluding hydrogens is 230 g/mol. The van der Waals surface area contributed by atoms with Gasteiger partial charge in [0.1, 0.15) is 11.4 Å². The fourth-order valence-corrected chi connectivity index (χ4v) is 1.63. The Morgan fingerprint density at radius 2 is 2.25 bits per heavy atom. The smallest absolute Gasteiger partial charge is 0.314 e. The average Bonchev–Trinajstić information content (AvgIpc) is 2.16. The summed E-state index contributed by atoms with van der Waals surface area (Å²) in [4.78, 5) is 10.2. The van der Waals surface area contributed by atoms with E-state index in [1.54, 1.807) is 18.4 Å². The van der Waals surface area contributed by atoms with Crippen molar-refractivity contribution in [3.63, 3.8) is 0 Å². The zero-order chi connectivity index (χ0) is 12.1. The van der Waals surface area contributed by atoms with Crippen LogP contribution in [0, 0.1) is 10.1 Å². The molecule has 0 bridgehead atoms. The number of nitro benzene ring substituents is 1. The number of para-hydroxylation sites is 1. The monoisotopic (exact) mass is 243 g/mol. The first-order chi connectivity index (χ1) is 7.52. The van der Waals surface area contributed by atoms with Gasteiger partial charge in [0.05, 0.1) is 4.92 Å². The van der Waals surface area contributed by atoms with Gasteiger partial charge in [-0.3, -0.25) is 14.3 Å². The molecule has 88 valence electrons. The first kappa shape index (κ1) is 12.4. The van der Waals surface area contributed by atoms with Crippen LogP contribution in [0.3, 0.4) is 0 Å². The van der Waals surface area contributed by atoms with Gasteiger partial charge in [0.25, 0.3) is 0 Å². The average molecular weight is 243 g/mol. The maximum Gasteiger partial charge on any atom is 0.314 e. The van der Waals surface area contributed by atoms with E-state index < -0.39 is 15.7 Å². The zero-order valence-electron chi connectivity index (χ0n) is 8.80. The van der Waals surface area contributed by atoms with Crippen LogP contribution in [0.5, 0.6) is 0 Å². The fourth-order valence-electron chi connectivity index (χ4n) is 1.24. The molecule has 1 aromatic carbocycles. The van der Waals surface area contributed by atoms with Crippen LogP contribution in [-0.2, 0) is 10.8 Å². The van der Waals surface area contributed by atoms with E-state index >= 15 is 0 Å². The Morgan fingerprint density at radius 3 is 2.81 bits per heavy atom. The van der Waals surface area contributed by atoms with Gasteiger partial charge in [0.2, 0.25) is 0 Å². The number of anilines is 2. The summed E-state index contributed by atoms with van der Waals surface area (Å²) in [5, 5.41) is 13.6. The van der Waals surface area contributed by atoms with Crippen molar-refractivity contribution in [1.82, 2.24) is 0 Å². The molecule has 7 heteroatoms. The lowest BCUT2D eigenvalue weighted by Crippen LogP contribution is -2.11. The molecule has 0 aliphatic heterocycles. The highest BCUT2D eigenvalue weighted by Crippen LogP contribution is 2.30. The molecule has 0 fully saturated rings. The fraction of sp³-hybridized carbons (Fsp3) is 0.333. The van der Waals surface area contributed by atoms with Crippen molar-refractivity contribution < 1.29 is 9.13 Å². The van der Waals surface area contributed by atoms with Gasteiger partial charge < -0.3 is 11.1 Å². The van der Waals surface area contributed by atoms with E-state index in [1.165, 1.54) is 6.07 Å². The molecular formula is C9H13N3O3S. The summed E-state index contributed by atoms with van der Waals surface area (Å²) in [6.45, 7) is 0.410. The van der Waals surface area contributed by atoms with Crippen LogP contribution in [0.1, 0.15) is 0 Å². The summed E-state index contributed by atoms with van der Waals surface area (Å²) in [6.07, 6.45) is 1.58. The third-order valence-electron chi connectivity index (χ3n) is 1.95. The second-order valence-electron chi connectivity index (χ2n) is 3.20. The Morgan fingerprint density at radius 1 is 1.56 bits per heavy atom. The quantitative estimate of drug-likeness (QED) is 0.456. The van der Waals surface area contributed by atoms with Crippen molar-refractivity contribution in [3.05, 3.63) is 28.3 Å².